The van der Waals surface area contributed by atoms with Crippen LogP contribution in [0.1, 0.15) is 16.7 Å². The van der Waals surface area contributed by atoms with E-state index in [0.717, 1.165) is 11.8 Å². The lowest BCUT2D eigenvalue weighted by atomic mass is 10.0. The van der Waals surface area contributed by atoms with Crippen LogP contribution in [0.4, 0.5) is 8.78 Å². The minimum atomic E-state index is -3.22. The van der Waals surface area contributed by atoms with Crippen molar-refractivity contribution in [3.8, 4) is 33.8 Å². The third-order valence-electron chi connectivity index (χ3n) is 7.92. The highest BCUT2D eigenvalue weighted by Crippen LogP contribution is 2.35. The summed E-state index contributed by atoms with van der Waals surface area (Å²) in [5.41, 5.74) is 6.37. The summed E-state index contributed by atoms with van der Waals surface area (Å²) in [4.78, 5) is 16.6. The van der Waals surface area contributed by atoms with Crippen molar-refractivity contribution in [2.24, 2.45) is 0 Å². The van der Waals surface area contributed by atoms with Crippen LogP contribution in [0, 0.1) is 11.6 Å². The van der Waals surface area contributed by atoms with Gasteiger partial charge in [-0.15, -0.1) is 0 Å². The van der Waals surface area contributed by atoms with Gasteiger partial charge in [0.15, 0.2) is 11.5 Å². The average molecular weight is 650 g/mol. The Morgan fingerprint density at radius 2 is 1.66 bits per heavy atom. The van der Waals surface area contributed by atoms with E-state index in [1.54, 1.807) is 42.9 Å². The van der Waals surface area contributed by atoms with Crippen LogP contribution in [0.15, 0.2) is 91.4 Å². The molecule has 3 aromatic carbocycles. The molecule has 0 amide bonds. The van der Waals surface area contributed by atoms with Crippen LogP contribution in [-0.4, -0.2) is 50.6 Å². The molecule has 3 N–H and O–H groups in total. The molecular formula is C35H29F2N7O2S. The first-order valence-corrected chi connectivity index (χ1v) is 17.0. The molecule has 0 aliphatic carbocycles. The van der Waals surface area contributed by atoms with Crippen molar-refractivity contribution in [2.75, 3.05) is 12.0 Å². The molecule has 0 bridgehead atoms. The Labute approximate surface area is 269 Å². The summed E-state index contributed by atoms with van der Waals surface area (Å²) in [5.74, 6) is -0.778. The Morgan fingerprint density at radius 1 is 0.851 bits per heavy atom. The van der Waals surface area contributed by atoms with Crippen LogP contribution in [0.3, 0.4) is 0 Å². The molecule has 4 heterocycles. The molecule has 7 aromatic rings. The number of imidazole rings is 1. The summed E-state index contributed by atoms with van der Waals surface area (Å²) in [6.45, 7) is 1.26. The minimum Gasteiger partial charge on any atom is -0.335 e. The highest BCUT2D eigenvalue weighted by Gasteiger charge is 2.21. The Hall–Kier alpha value is -5.33. The Kier molecular flexibility index (Phi) is 8.04. The monoisotopic (exact) mass is 649 g/mol. The van der Waals surface area contributed by atoms with E-state index in [-0.39, 0.29) is 29.1 Å². The minimum absolute atomic E-state index is 0.0961. The predicted molar refractivity (Wildman–Crippen MR) is 178 cm³/mol. The molecule has 0 spiro atoms. The van der Waals surface area contributed by atoms with Gasteiger partial charge in [0, 0.05) is 54.6 Å². The van der Waals surface area contributed by atoms with Gasteiger partial charge in [-0.05, 0) is 65.1 Å². The van der Waals surface area contributed by atoms with E-state index in [9.17, 15) is 12.8 Å². The smallest absolute Gasteiger partial charge is 0.178 e. The number of halogens is 2. The van der Waals surface area contributed by atoms with E-state index in [1.165, 1.54) is 17.7 Å². The standard InChI is InChI=1S/C35H29F2N7O2S/c1-47(45,46)12-10-22-13-24(16-26(36)15-22)28-9-11-40-34-32(28)41-35(42-34)33-30-29(43-44-33)8-7-27(31(30)37)25-14-23(19-39-20-25)18-38-17-21-5-3-2-4-6-21/h2-9,11,13-16,19-20,38H,10,12,17-18H2,1H3,(H,43,44)(H,40,41,42). The Morgan fingerprint density at radius 3 is 2.49 bits per heavy atom. The molecule has 4 aromatic heterocycles. The first-order chi connectivity index (χ1) is 22.7. The number of hydrogen-bond donors (Lipinski definition) is 3. The zero-order chi connectivity index (χ0) is 32.5. The third-order valence-corrected chi connectivity index (χ3v) is 8.87. The van der Waals surface area contributed by atoms with Crippen molar-refractivity contribution >= 4 is 31.9 Å². The summed E-state index contributed by atoms with van der Waals surface area (Å²) in [6.07, 6.45) is 6.27. The predicted octanol–water partition coefficient (Wildman–Crippen LogP) is 6.39. The van der Waals surface area contributed by atoms with Crippen molar-refractivity contribution in [1.82, 2.24) is 35.5 Å². The number of aryl methyl sites for hydroxylation is 1. The van der Waals surface area contributed by atoms with Gasteiger partial charge in [-0.25, -0.2) is 27.2 Å². The number of H-pyrrole nitrogens is 2. The van der Waals surface area contributed by atoms with Gasteiger partial charge in [-0.1, -0.05) is 36.4 Å². The lowest BCUT2D eigenvalue weighted by Crippen LogP contribution is -2.12. The van der Waals surface area contributed by atoms with Crippen molar-refractivity contribution in [1.29, 1.82) is 0 Å². The average Bonchev–Trinajstić information content (AvgIpc) is 3.69. The number of nitrogens with one attached hydrogen (secondary N) is 3. The van der Waals surface area contributed by atoms with Crippen LogP contribution in [-0.2, 0) is 29.3 Å². The fraction of sp³-hybridized carbons (Fsp3) is 0.143. The molecule has 7 rings (SSSR count). The molecule has 9 nitrogen and oxygen atoms in total. The number of fused-ring (bicyclic) bond motifs is 2. The van der Waals surface area contributed by atoms with E-state index >= 15 is 4.39 Å². The largest absolute Gasteiger partial charge is 0.335 e. The number of hydrogen-bond acceptors (Lipinski definition) is 7. The lowest BCUT2D eigenvalue weighted by molar-refractivity contribution is 0.600. The second-order valence-corrected chi connectivity index (χ2v) is 13.7. The van der Waals surface area contributed by atoms with Crippen LogP contribution in [0.5, 0.6) is 0 Å². The van der Waals surface area contributed by atoms with E-state index < -0.39 is 21.5 Å². The van der Waals surface area contributed by atoms with Crippen molar-refractivity contribution in [2.45, 2.75) is 19.5 Å². The Balaban J connectivity index is 1.22. The summed E-state index contributed by atoms with van der Waals surface area (Å²) in [5, 5.41) is 10.9. The zero-order valence-electron chi connectivity index (χ0n) is 25.3. The molecule has 0 aliphatic heterocycles. The number of aromatic amines is 2. The second-order valence-electron chi connectivity index (χ2n) is 11.5. The van der Waals surface area contributed by atoms with Gasteiger partial charge in [0.05, 0.1) is 22.2 Å². The SMILES string of the molecule is CS(=O)(=O)CCc1cc(F)cc(-c2ccnc3nc(-c4n[nH]c5ccc(-c6cncc(CNCc7ccccc7)c6)c(F)c45)[nH]c23)c1. The molecule has 0 radical (unpaired) electrons. The van der Waals surface area contributed by atoms with Gasteiger partial charge in [0.1, 0.15) is 27.2 Å². The molecule has 0 saturated heterocycles. The number of rotatable bonds is 10. The fourth-order valence-corrected chi connectivity index (χ4v) is 6.27. The summed E-state index contributed by atoms with van der Waals surface area (Å²) >= 11 is 0. The summed E-state index contributed by atoms with van der Waals surface area (Å²) in [7, 11) is -3.22. The number of aromatic nitrogens is 6. The number of pyridine rings is 2. The van der Waals surface area contributed by atoms with Crippen LogP contribution < -0.4 is 5.32 Å². The number of benzene rings is 3. The van der Waals surface area contributed by atoms with E-state index in [4.69, 9.17) is 0 Å². The second kappa shape index (κ2) is 12.5. The van der Waals surface area contributed by atoms with Crippen molar-refractivity contribution in [3.05, 3.63) is 120 Å². The number of nitrogens with zero attached hydrogens (tertiary/aromatic N) is 4. The molecule has 0 atom stereocenters. The molecule has 47 heavy (non-hydrogen) atoms. The molecular weight excluding hydrogens is 620 g/mol. The first-order valence-electron chi connectivity index (χ1n) is 14.9. The van der Waals surface area contributed by atoms with Gasteiger partial charge in [-0.2, -0.15) is 5.10 Å². The van der Waals surface area contributed by atoms with Crippen LogP contribution in [0.2, 0.25) is 0 Å². The van der Waals surface area contributed by atoms with Gasteiger partial charge in [-0.3, -0.25) is 10.1 Å². The van der Waals surface area contributed by atoms with Gasteiger partial charge in [0.2, 0.25) is 0 Å². The topological polar surface area (TPSA) is 129 Å². The molecule has 0 fully saturated rings. The molecule has 0 unspecified atom stereocenters. The fourth-order valence-electron chi connectivity index (χ4n) is 5.66. The highest BCUT2D eigenvalue weighted by atomic mass is 32.2. The maximum atomic E-state index is 16.3. The molecule has 12 heteroatoms. The van der Waals surface area contributed by atoms with E-state index in [1.807, 2.05) is 24.3 Å². The quantitative estimate of drug-likeness (QED) is 0.157. The van der Waals surface area contributed by atoms with Gasteiger partial charge in [0.25, 0.3) is 0 Å². The van der Waals surface area contributed by atoms with Gasteiger partial charge >= 0.3 is 0 Å². The van der Waals surface area contributed by atoms with Gasteiger partial charge < -0.3 is 10.3 Å². The van der Waals surface area contributed by atoms with E-state index in [0.29, 0.717) is 57.6 Å². The third kappa shape index (κ3) is 6.51. The lowest BCUT2D eigenvalue weighted by Gasteiger charge is -2.09. The normalized spacial score (nSPS) is 11.9. The summed E-state index contributed by atoms with van der Waals surface area (Å²) in [6, 6.07) is 21.6. The van der Waals surface area contributed by atoms with E-state index in [2.05, 4.69) is 47.6 Å². The molecule has 0 aliphatic rings. The van der Waals surface area contributed by atoms with Crippen molar-refractivity contribution in [3.63, 3.8) is 0 Å². The van der Waals surface area contributed by atoms with Crippen molar-refractivity contribution < 1.29 is 17.2 Å². The first kappa shape index (κ1) is 30.3. The number of sulfone groups is 1. The zero-order valence-corrected chi connectivity index (χ0v) is 26.1. The Bertz CT molecular complexity index is 2360. The van der Waals surface area contributed by atoms with Crippen LogP contribution in [0.25, 0.3) is 55.8 Å². The maximum Gasteiger partial charge on any atom is 0.178 e. The highest BCUT2D eigenvalue weighted by molar-refractivity contribution is 7.90. The molecule has 236 valence electrons. The van der Waals surface area contributed by atoms with Crippen LogP contribution >= 0.6 is 0 Å². The summed E-state index contributed by atoms with van der Waals surface area (Å²) < 4.78 is 54.4. The maximum absolute atomic E-state index is 16.3. The molecule has 0 saturated carbocycles.